The predicted octanol–water partition coefficient (Wildman–Crippen LogP) is 4.68. The van der Waals surface area contributed by atoms with E-state index >= 15 is 4.39 Å². The number of H-pyrrole nitrogens is 1. The highest BCUT2D eigenvalue weighted by Crippen LogP contribution is 2.39. The zero-order valence-corrected chi connectivity index (χ0v) is 21.9. The zero-order valence-electron chi connectivity index (χ0n) is 21.9. The van der Waals surface area contributed by atoms with Crippen LogP contribution in [0.2, 0.25) is 0 Å². The molecule has 2 fully saturated rings. The SMILES string of the molecule is CCC(=O)N[C@@H]1CC[C@@H](NC(=O)c2c(C)[nH]c3c(-c4c(OCC5CC5)ccc(C)c4F)ncnc23)[C@H](F)C1. The van der Waals surface area contributed by atoms with Gasteiger partial charge in [-0.2, -0.15) is 0 Å². The molecule has 1 aromatic carbocycles. The molecule has 2 aliphatic carbocycles. The minimum Gasteiger partial charge on any atom is -0.492 e. The maximum Gasteiger partial charge on any atom is 0.255 e. The monoisotopic (exact) mass is 525 g/mol. The number of ether oxygens (including phenoxy) is 1. The maximum absolute atomic E-state index is 15.5. The molecule has 3 atom stereocenters. The van der Waals surface area contributed by atoms with Gasteiger partial charge in [0, 0.05) is 24.6 Å². The molecule has 3 aromatic rings. The van der Waals surface area contributed by atoms with E-state index in [1.807, 2.05) is 0 Å². The van der Waals surface area contributed by atoms with Crippen molar-refractivity contribution in [2.75, 3.05) is 6.61 Å². The predicted molar refractivity (Wildman–Crippen MR) is 139 cm³/mol. The van der Waals surface area contributed by atoms with Crippen molar-refractivity contribution in [1.82, 2.24) is 25.6 Å². The maximum atomic E-state index is 15.5. The van der Waals surface area contributed by atoms with Crippen molar-refractivity contribution >= 4 is 22.8 Å². The lowest BCUT2D eigenvalue weighted by molar-refractivity contribution is -0.121. The summed E-state index contributed by atoms with van der Waals surface area (Å²) in [7, 11) is 0. The number of benzene rings is 1. The Bertz CT molecular complexity index is 1370. The number of hydrogen-bond acceptors (Lipinski definition) is 5. The number of aryl methyl sites for hydroxylation is 2. The lowest BCUT2D eigenvalue weighted by atomic mass is 9.89. The van der Waals surface area contributed by atoms with Crippen molar-refractivity contribution < 1.29 is 23.1 Å². The van der Waals surface area contributed by atoms with Crippen molar-refractivity contribution in [2.45, 2.75) is 77.6 Å². The molecule has 2 saturated carbocycles. The summed E-state index contributed by atoms with van der Waals surface area (Å²) in [6.45, 7) is 5.66. The molecule has 38 heavy (non-hydrogen) atoms. The van der Waals surface area contributed by atoms with Crippen molar-refractivity contribution in [2.24, 2.45) is 5.92 Å². The first-order valence-electron chi connectivity index (χ1n) is 13.3. The highest BCUT2D eigenvalue weighted by molar-refractivity contribution is 6.09. The van der Waals surface area contributed by atoms with Crippen LogP contribution in [0.5, 0.6) is 5.75 Å². The van der Waals surface area contributed by atoms with Crippen LogP contribution >= 0.6 is 0 Å². The van der Waals surface area contributed by atoms with Crippen LogP contribution in [0.15, 0.2) is 18.5 Å². The summed E-state index contributed by atoms with van der Waals surface area (Å²) < 4.78 is 36.4. The number of amides is 2. The van der Waals surface area contributed by atoms with E-state index in [2.05, 4.69) is 25.6 Å². The quantitative estimate of drug-likeness (QED) is 0.396. The number of fused-ring (bicyclic) bond motifs is 1. The largest absolute Gasteiger partial charge is 0.492 e. The van der Waals surface area contributed by atoms with E-state index in [1.54, 1.807) is 32.9 Å². The number of alkyl halides is 1. The topological polar surface area (TPSA) is 109 Å². The van der Waals surface area contributed by atoms with Crippen LogP contribution in [-0.4, -0.2) is 51.6 Å². The molecule has 0 aliphatic heterocycles. The van der Waals surface area contributed by atoms with Crippen LogP contribution in [0, 0.1) is 25.6 Å². The van der Waals surface area contributed by atoms with Gasteiger partial charge >= 0.3 is 0 Å². The highest BCUT2D eigenvalue weighted by atomic mass is 19.1. The minimum absolute atomic E-state index is 0.110. The average molecular weight is 526 g/mol. The third-order valence-corrected chi connectivity index (χ3v) is 7.48. The van der Waals surface area contributed by atoms with E-state index in [4.69, 9.17) is 4.74 Å². The van der Waals surface area contributed by atoms with Gasteiger partial charge in [-0.15, -0.1) is 0 Å². The second-order valence-electron chi connectivity index (χ2n) is 10.4. The first kappa shape index (κ1) is 26.1. The van der Waals surface area contributed by atoms with Crippen molar-refractivity contribution in [3.8, 4) is 17.0 Å². The molecule has 0 radical (unpaired) electrons. The second kappa shape index (κ2) is 10.7. The highest BCUT2D eigenvalue weighted by Gasteiger charge is 2.34. The number of rotatable bonds is 8. The van der Waals surface area contributed by atoms with Gasteiger partial charge < -0.3 is 20.4 Å². The van der Waals surface area contributed by atoms with E-state index in [1.165, 1.54) is 6.33 Å². The Morgan fingerprint density at radius 2 is 1.92 bits per heavy atom. The Kier molecular flexibility index (Phi) is 7.32. The normalized spacial score (nSPS) is 21.3. The van der Waals surface area contributed by atoms with Gasteiger partial charge in [-0.1, -0.05) is 13.0 Å². The first-order valence-corrected chi connectivity index (χ1v) is 13.3. The number of carbonyl (C=O) groups excluding carboxylic acids is 2. The molecule has 10 heteroatoms. The molecule has 0 unspecified atom stereocenters. The number of hydrogen-bond donors (Lipinski definition) is 3. The molecule has 2 amide bonds. The van der Waals surface area contributed by atoms with E-state index in [-0.39, 0.29) is 29.5 Å². The second-order valence-corrected chi connectivity index (χ2v) is 10.4. The van der Waals surface area contributed by atoms with Gasteiger partial charge in [0.05, 0.1) is 29.3 Å². The van der Waals surface area contributed by atoms with Gasteiger partial charge in [0.25, 0.3) is 5.91 Å². The zero-order chi connectivity index (χ0) is 27.0. The molecule has 2 aromatic heterocycles. The molecule has 2 aliphatic rings. The molecule has 0 saturated heterocycles. The molecular weight excluding hydrogens is 492 g/mol. The lowest BCUT2D eigenvalue weighted by Crippen LogP contribution is -2.50. The van der Waals surface area contributed by atoms with E-state index < -0.39 is 23.9 Å². The summed E-state index contributed by atoms with van der Waals surface area (Å²) in [5.41, 5.74) is 2.52. The lowest BCUT2D eigenvalue weighted by Gasteiger charge is -2.32. The summed E-state index contributed by atoms with van der Waals surface area (Å²) in [6, 6.07) is 2.50. The Hall–Kier alpha value is -3.56. The van der Waals surface area contributed by atoms with Gasteiger partial charge in [0.1, 0.15) is 35.3 Å². The van der Waals surface area contributed by atoms with Gasteiger partial charge in [0.15, 0.2) is 0 Å². The molecular formula is C28H33F2N5O3. The third kappa shape index (κ3) is 5.21. The van der Waals surface area contributed by atoms with Crippen molar-refractivity contribution in [3.05, 3.63) is 41.1 Å². The number of nitrogens with one attached hydrogen (secondary N) is 3. The summed E-state index contributed by atoms with van der Waals surface area (Å²) in [4.78, 5) is 36.9. The van der Waals surface area contributed by atoms with Crippen LogP contribution in [-0.2, 0) is 4.79 Å². The van der Waals surface area contributed by atoms with Gasteiger partial charge in [-0.3, -0.25) is 9.59 Å². The average Bonchev–Trinajstić information content (AvgIpc) is 3.66. The van der Waals surface area contributed by atoms with E-state index in [0.29, 0.717) is 65.5 Å². The number of aromatic nitrogens is 3. The molecule has 0 spiro atoms. The minimum atomic E-state index is -1.29. The summed E-state index contributed by atoms with van der Waals surface area (Å²) in [5, 5.41) is 5.65. The number of aromatic amines is 1. The smallest absolute Gasteiger partial charge is 0.255 e. The van der Waals surface area contributed by atoms with E-state index in [0.717, 1.165) is 12.8 Å². The number of carbonyl (C=O) groups is 2. The third-order valence-electron chi connectivity index (χ3n) is 7.48. The molecule has 3 N–H and O–H groups in total. The van der Waals surface area contributed by atoms with Crippen LogP contribution in [0.25, 0.3) is 22.3 Å². The van der Waals surface area contributed by atoms with Crippen LogP contribution in [0.1, 0.15) is 67.1 Å². The van der Waals surface area contributed by atoms with Gasteiger partial charge in [0.2, 0.25) is 5.91 Å². The molecule has 2 heterocycles. The van der Waals surface area contributed by atoms with E-state index in [9.17, 15) is 14.0 Å². The summed E-state index contributed by atoms with van der Waals surface area (Å²) >= 11 is 0. The standard InChI is InChI=1S/C28H33F2N5O3/c1-4-21(36)34-17-8-9-19(18(29)11-17)35-28(37)22-15(3)33-27-25(22)31-13-32-26(27)23-20(38-12-16-6-7-16)10-5-14(2)24(23)30/h5,10,13,16-19,33H,4,6-9,11-12H2,1-3H3,(H,34,36)(H,35,37)/t17-,18-,19-/m1/s1. The molecule has 202 valence electrons. The fourth-order valence-corrected chi connectivity index (χ4v) is 5.06. The Labute approximate surface area is 220 Å². The first-order chi connectivity index (χ1) is 18.3. The van der Waals surface area contributed by atoms with Crippen molar-refractivity contribution in [3.63, 3.8) is 0 Å². The Morgan fingerprint density at radius 3 is 2.63 bits per heavy atom. The molecule has 0 bridgehead atoms. The van der Waals surface area contributed by atoms with Gasteiger partial charge in [-0.05, 0) is 57.1 Å². The Morgan fingerprint density at radius 1 is 1.13 bits per heavy atom. The fourth-order valence-electron chi connectivity index (χ4n) is 5.06. The molecule has 5 rings (SSSR count). The van der Waals surface area contributed by atoms with Gasteiger partial charge in [-0.25, -0.2) is 18.7 Å². The summed E-state index contributed by atoms with van der Waals surface area (Å²) in [5.74, 6) is -0.134. The Balaban J connectivity index is 1.42. The summed E-state index contributed by atoms with van der Waals surface area (Å²) in [6.07, 6.45) is 3.68. The van der Waals surface area contributed by atoms with Crippen LogP contribution < -0.4 is 15.4 Å². The molecule has 8 nitrogen and oxygen atoms in total. The fraction of sp³-hybridized carbons (Fsp3) is 0.500. The number of halogens is 2. The van der Waals surface area contributed by atoms with Crippen molar-refractivity contribution in [1.29, 1.82) is 0 Å². The van der Waals surface area contributed by atoms with Crippen LogP contribution in [0.4, 0.5) is 8.78 Å². The number of nitrogens with zero attached hydrogens (tertiary/aromatic N) is 2. The van der Waals surface area contributed by atoms with Crippen LogP contribution in [0.3, 0.4) is 0 Å².